The highest BCUT2D eigenvalue weighted by Crippen LogP contribution is 2.22. The summed E-state index contributed by atoms with van der Waals surface area (Å²) >= 11 is 1.45. The normalized spacial score (nSPS) is 15.8. The first-order valence-electron chi connectivity index (χ1n) is 8.69. The summed E-state index contributed by atoms with van der Waals surface area (Å²) in [4.78, 5) is 12.3. The SMILES string of the molecule is COCCCn1cnnc1SC(C)C(=O)NCCC1=CCCCC1. The van der Waals surface area contributed by atoms with Crippen LogP contribution in [0.5, 0.6) is 0 Å². The van der Waals surface area contributed by atoms with Crippen LogP contribution in [0, 0.1) is 0 Å². The van der Waals surface area contributed by atoms with Gasteiger partial charge in [-0.05, 0) is 45.4 Å². The van der Waals surface area contributed by atoms with E-state index < -0.39 is 0 Å². The van der Waals surface area contributed by atoms with Crippen molar-refractivity contribution in [2.24, 2.45) is 0 Å². The largest absolute Gasteiger partial charge is 0.385 e. The molecule has 1 aliphatic rings. The van der Waals surface area contributed by atoms with Crippen LogP contribution < -0.4 is 5.32 Å². The molecule has 1 aromatic rings. The number of hydrogen-bond donors (Lipinski definition) is 1. The zero-order valence-corrected chi connectivity index (χ0v) is 15.5. The van der Waals surface area contributed by atoms with E-state index >= 15 is 0 Å². The smallest absolute Gasteiger partial charge is 0.233 e. The number of aryl methyl sites for hydroxylation is 1. The van der Waals surface area contributed by atoms with Gasteiger partial charge >= 0.3 is 0 Å². The molecule has 1 aliphatic carbocycles. The highest BCUT2D eigenvalue weighted by Gasteiger charge is 2.17. The van der Waals surface area contributed by atoms with Crippen LogP contribution in [0.25, 0.3) is 0 Å². The number of nitrogens with one attached hydrogen (secondary N) is 1. The molecule has 1 unspecified atom stereocenters. The third-order valence-electron chi connectivity index (χ3n) is 4.11. The molecule has 1 amide bonds. The Bertz CT molecular complexity index is 544. The first kappa shape index (κ1) is 19.0. The van der Waals surface area contributed by atoms with Gasteiger partial charge in [0.05, 0.1) is 5.25 Å². The van der Waals surface area contributed by atoms with Crippen molar-refractivity contribution in [3.05, 3.63) is 18.0 Å². The number of amides is 1. The van der Waals surface area contributed by atoms with Gasteiger partial charge in [0.25, 0.3) is 0 Å². The maximum Gasteiger partial charge on any atom is 0.233 e. The minimum atomic E-state index is -0.185. The Labute approximate surface area is 148 Å². The number of methoxy groups -OCH3 is 1. The summed E-state index contributed by atoms with van der Waals surface area (Å²) in [6.07, 6.45) is 10.9. The lowest BCUT2D eigenvalue weighted by Gasteiger charge is -2.15. The van der Waals surface area contributed by atoms with Crippen molar-refractivity contribution in [2.75, 3.05) is 20.3 Å². The number of carbonyl (C=O) groups is 1. The van der Waals surface area contributed by atoms with E-state index in [9.17, 15) is 4.79 Å². The van der Waals surface area contributed by atoms with Gasteiger partial charge in [-0.3, -0.25) is 4.79 Å². The number of aromatic nitrogens is 3. The number of carbonyl (C=O) groups excluding carboxylic acids is 1. The fourth-order valence-corrected chi connectivity index (χ4v) is 3.58. The lowest BCUT2D eigenvalue weighted by atomic mass is 9.97. The molecule has 0 fully saturated rings. The van der Waals surface area contributed by atoms with E-state index in [1.165, 1.54) is 43.0 Å². The average molecular weight is 353 g/mol. The zero-order valence-electron chi connectivity index (χ0n) is 14.7. The van der Waals surface area contributed by atoms with Gasteiger partial charge in [0.2, 0.25) is 5.91 Å². The summed E-state index contributed by atoms with van der Waals surface area (Å²) in [6, 6.07) is 0. The lowest BCUT2D eigenvalue weighted by molar-refractivity contribution is -0.120. The van der Waals surface area contributed by atoms with Crippen molar-refractivity contribution >= 4 is 17.7 Å². The van der Waals surface area contributed by atoms with Crippen molar-refractivity contribution in [1.82, 2.24) is 20.1 Å². The van der Waals surface area contributed by atoms with E-state index in [1.54, 1.807) is 13.4 Å². The minimum absolute atomic E-state index is 0.0582. The molecule has 6 nitrogen and oxygen atoms in total. The van der Waals surface area contributed by atoms with Crippen LogP contribution in [0.2, 0.25) is 0 Å². The fourth-order valence-electron chi connectivity index (χ4n) is 2.70. The molecule has 7 heteroatoms. The summed E-state index contributed by atoms with van der Waals surface area (Å²) in [7, 11) is 1.69. The maximum absolute atomic E-state index is 12.3. The number of nitrogens with zero attached hydrogens (tertiary/aromatic N) is 3. The Hall–Kier alpha value is -1.34. The van der Waals surface area contributed by atoms with Gasteiger partial charge < -0.3 is 14.6 Å². The van der Waals surface area contributed by atoms with Gasteiger partial charge in [-0.2, -0.15) is 0 Å². The number of allylic oxidation sites excluding steroid dienone is 1. The summed E-state index contributed by atoms with van der Waals surface area (Å²) in [6.45, 7) is 4.13. The fraction of sp³-hybridized carbons (Fsp3) is 0.706. The minimum Gasteiger partial charge on any atom is -0.385 e. The lowest BCUT2D eigenvalue weighted by Crippen LogP contribution is -2.32. The molecule has 0 aromatic carbocycles. The zero-order chi connectivity index (χ0) is 17.2. The molecule has 0 saturated carbocycles. The molecule has 134 valence electrons. The van der Waals surface area contributed by atoms with Gasteiger partial charge in [-0.25, -0.2) is 0 Å². The molecule has 0 bridgehead atoms. The van der Waals surface area contributed by atoms with Crippen molar-refractivity contribution in [3.63, 3.8) is 0 Å². The molecule has 1 atom stereocenters. The standard InChI is InChI=1S/C17H28N4O2S/c1-14(16(22)18-10-9-15-7-4-3-5-8-15)24-17-20-19-13-21(17)11-6-12-23-2/h7,13-14H,3-6,8-12H2,1-2H3,(H,18,22). The summed E-state index contributed by atoms with van der Waals surface area (Å²) < 4.78 is 7.04. The number of ether oxygens (including phenoxy) is 1. The van der Waals surface area contributed by atoms with Crippen LogP contribution >= 0.6 is 11.8 Å². The molecular formula is C17H28N4O2S. The van der Waals surface area contributed by atoms with E-state index in [0.29, 0.717) is 6.61 Å². The van der Waals surface area contributed by atoms with Crippen molar-refractivity contribution in [1.29, 1.82) is 0 Å². The number of rotatable bonds is 10. The molecule has 1 aromatic heterocycles. The van der Waals surface area contributed by atoms with Crippen LogP contribution in [0.4, 0.5) is 0 Å². The predicted molar refractivity (Wildman–Crippen MR) is 96.0 cm³/mol. The van der Waals surface area contributed by atoms with E-state index in [1.807, 2.05) is 11.5 Å². The van der Waals surface area contributed by atoms with Crippen LogP contribution in [-0.4, -0.2) is 46.2 Å². The van der Waals surface area contributed by atoms with Gasteiger partial charge in [-0.15, -0.1) is 10.2 Å². The first-order valence-corrected chi connectivity index (χ1v) is 9.57. The van der Waals surface area contributed by atoms with Gasteiger partial charge in [0, 0.05) is 26.8 Å². The molecule has 1 N–H and O–H groups in total. The van der Waals surface area contributed by atoms with E-state index in [-0.39, 0.29) is 11.2 Å². The third-order valence-corrected chi connectivity index (χ3v) is 5.20. The molecule has 0 spiro atoms. The second kappa shape index (κ2) is 10.5. The molecule has 0 saturated heterocycles. The van der Waals surface area contributed by atoms with Crippen LogP contribution in [0.3, 0.4) is 0 Å². The van der Waals surface area contributed by atoms with E-state index in [2.05, 4.69) is 21.6 Å². The Morgan fingerprint density at radius 1 is 1.50 bits per heavy atom. The number of hydrogen-bond acceptors (Lipinski definition) is 5. The highest BCUT2D eigenvalue weighted by atomic mass is 32.2. The highest BCUT2D eigenvalue weighted by molar-refractivity contribution is 8.00. The van der Waals surface area contributed by atoms with Crippen molar-refractivity contribution in [2.45, 2.75) is 62.4 Å². The third kappa shape index (κ3) is 6.28. The predicted octanol–water partition coefficient (Wildman–Crippen LogP) is 2.80. The average Bonchev–Trinajstić information content (AvgIpc) is 3.03. The van der Waals surface area contributed by atoms with Gasteiger partial charge in [-0.1, -0.05) is 23.4 Å². The molecular weight excluding hydrogens is 324 g/mol. The topological polar surface area (TPSA) is 69.0 Å². The summed E-state index contributed by atoms with van der Waals surface area (Å²) in [5.74, 6) is 0.0582. The molecule has 2 rings (SSSR count). The molecule has 0 radical (unpaired) electrons. The molecule has 24 heavy (non-hydrogen) atoms. The van der Waals surface area contributed by atoms with Crippen LogP contribution in [-0.2, 0) is 16.1 Å². The Balaban J connectivity index is 1.73. The number of thioether (sulfide) groups is 1. The summed E-state index contributed by atoms with van der Waals surface area (Å²) in [5, 5.41) is 11.7. The monoisotopic (exact) mass is 352 g/mol. The first-order chi connectivity index (χ1) is 11.7. The Kier molecular flexibility index (Phi) is 8.32. The quantitative estimate of drug-likeness (QED) is 0.398. The summed E-state index contributed by atoms with van der Waals surface area (Å²) in [5.41, 5.74) is 1.49. The van der Waals surface area contributed by atoms with Crippen molar-refractivity contribution in [3.8, 4) is 0 Å². The van der Waals surface area contributed by atoms with E-state index in [4.69, 9.17) is 4.74 Å². The van der Waals surface area contributed by atoms with Gasteiger partial charge in [0.1, 0.15) is 6.33 Å². The molecule has 0 aliphatic heterocycles. The van der Waals surface area contributed by atoms with Crippen molar-refractivity contribution < 1.29 is 9.53 Å². The van der Waals surface area contributed by atoms with Crippen LogP contribution in [0.1, 0.15) is 45.4 Å². The maximum atomic E-state index is 12.3. The van der Waals surface area contributed by atoms with Crippen LogP contribution in [0.15, 0.2) is 23.1 Å². The van der Waals surface area contributed by atoms with E-state index in [0.717, 1.165) is 31.1 Å². The molecule has 1 heterocycles. The van der Waals surface area contributed by atoms with Gasteiger partial charge in [0.15, 0.2) is 5.16 Å². The Morgan fingerprint density at radius 3 is 3.12 bits per heavy atom. The second-order valence-corrected chi connectivity index (χ2v) is 7.37. The second-order valence-electron chi connectivity index (χ2n) is 6.06. The Morgan fingerprint density at radius 2 is 2.38 bits per heavy atom.